The Morgan fingerprint density at radius 2 is 1.92 bits per heavy atom. The van der Waals surface area contributed by atoms with Crippen molar-refractivity contribution in [2.24, 2.45) is 5.92 Å². The van der Waals surface area contributed by atoms with Crippen molar-refractivity contribution in [3.8, 4) is 0 Å². The zero-order chi connectivity index (χ0) is 17.5. The Morgan fingerprint density at radius 3 is 2.52 bits per heavy atom. The fraction of sp³-hybridized carbons (Fsp3) is 0.438. The number of aliphatic carboxylic acids is 1. The van der Waals surface area contributed by atoms with Crippen LogP contribution >= 0.6 is 28.3 Å². The first-order chi connectivity index (χ1) is 11.4. The normalized spacial score (nSPS) is 15.1. The number of nitrogens with zero attached hydrogens (tertiary/aromatic N) is 1. The van der Waals surface area contributed by atoms with E-state index < -0.39 is 5.97 Å². The number of benzene rings is 1. The number of hydrogen-bond acceptors (Lipinski definition) is 4. The Morgan fingerprint density at radius 1 is 1.24 bits per heavy atom. The number of piperidine rings is 1. The summed E-state index contributed by atoms with van der Waals surface area (Å²) in [6.07, 6.45) is 1.35. The number of carbonyl (C=O) groups is 3. The molecule has 2 amide bonds. The van der Waals surface area contributed by atoms with E-state index in [1.54, 1.807) is 0 Å². The number of hydrogen-bond donors (Lipinski definition) is 3. The van der Waals surface area contributed by atoms with Crippen LogP contribution in [0.1, 0.15) is 12.8 Å². The van der Waals surface area contributed by atoms with Crippen LogP contribution in [0.15, 0.2) is 28.7 Å². The second-order valence-corrected chi connectivity index (χ2v) is 6.64. The zero-order valence-electron chi connectivity index (χ0n) is 13.5. The number of halogens is 2. The molecule has 1 aromatic rings. The van der Waals surface area contributed by atoms with Crippen LogP contribution in [0.2, 0.25) is 0 Å². The van der Waals surface area contributed by atoms with Crippen LogP contribution in [0.3, 0.4) is 0 Å². The molecule has 1 saturated heterocycles. The van der Waals surface area contributed by atoms with Crippen molar-refractivity contribution in [1.82, 2.24) is 10.2 Å². The number of amides is 2. The lowest BCUT2D eigenvalue weighted by atomic mass is 9.96. The number of carbonyl (C=O) groups excluding carboxylic acids is 2. The molecule has 25 heavy (non-hydrogen) atoms. The summed E-state index contributed by atoms with van der Waals surface area (Å²) in [7, 11) is 0. The van der Waals surface area contributed by atoms with Gasteiger partial charge >= 0.3 is 5.97 Å². The van der Waals surface area contributed by atoms with Gasteiger partial charge in [-0.25, -0.2) is 0 Å². The molecule has 0 unspecified atom stereocenters. The highest BCUT2D eigenvalue weighted by Crippen LogP contribution is 2.21. The van der Waals surface area contributed by atoms with Crippen LogP contribution < -0.4 is 10.6 Å². The SMILES string of the molecule is Cl.O=C(O)CNC(=O)CN1CCC(C(=O)Nc2cccc(Br)c2)CC1. The van der Waals surface area contributed by atoms with Crippen molar-refractivity contribution in [2.45, 2.75) is 12.8 Å². The fourth-order valence-corrected chi connectivity index (χ4v) is 3.00. The molecule has 2 rings (SSSR count). The molecular weight excluding hydrogens is 414 g/mol. The second-order valence-electron chi connectivity index (χ2n) is 5.72. The van der Waals surface area contributed by atoms with E-state index in [9.17, 15) is 14.4 Å². The first kappa shape index (κ1) is 21.4. The molecule has 0 bridgehead atoms. The van der Waals surface area contributed by atoms with E-state index in [0.29, 0.717) is 25.9 Å². The van der Waals surface area contributed by atoms with Gasteiger partial charge in [0.15, 0.2) is 0 Å². The van der Waals surface area contributed by atoms with Gasteiger partial charge in [0.2, 0.25) is 11.8 Å². The van der Waals surface area contributed by atoms with Crippen LogP contribution in [0.25, 0.3) is 0 Å². The Labute approximate surface area is 160 Å². The van der Waals surface area contributed by atoms with Crippen LogP contribution in [0, 0.1) is 5.92 Å². The van der Waals surface area contributed by atoms with Gasteiger partial charge in [-0.1, -0.05) is 22.0 Å². The highest BCUT2D eigenvalue weighted by atomic mass is 79.9. The molecular formula is C16H21BrClN3O4. The largest absolute Gasteiger partial charge is 0.480 e. The number of carboxylic acids is 1. The number of anilines is 1. The maximum absolute atomic E-state index is 12.3. The number of rotatable bonds is 6. The Kier molecular flexibility index (Phi) is 8.88. The highest BCUT2D eigenvalue weighted by Gasteiger charge is 2.26. The lowest BCUT2D eigenvalue weighted by Crippen LogP contribution is -2.44. The van der Waals surface area contributed by atoms with E-state index in [2.05, 4.69) is 26.6 Å². The van der Waals surface area contributed by atoms with Crippen molar-refractivity contribution < 1.29 is 19.5 Å². The average Bonchev–Trinajstić information content (AvgIpc) is 2.53. The third kappa shape index (κ3) is 7.41. The Balaban J connectivity index is 0.00000312. The molecule has 1 heterocycles. The minimum Gasteiger partial charge on any atom is -0.480 e. The summed E-state index contributed by atoms with van der Waals surface area (Å²) in [5.41, 5.74) is 0.754. The van der Waals surface area contributed by atoms with E-state index in [1.165, 1.54) is 0 Å². The molecule has 1 aliphatic rings. The molecule has 1 fully saturated rings. The second kappa shape index (κ2) is 10.4. The smallest absolute Gasteiger partial charge is 0.322 e. The molecule has 1 aliphatic heterocycles. The molecule has 0 saturated carbocycles. The summed E-state index contributed by atoms with van der Waals surface area (Å²) in [6.45, 7) is 1.06. The maximum atomic E-state index is 12.3. The average molecular weight is 435 g/mol. The minimum absolute atomic E-state index is 0. The van der Waals surface area contributed by atoms with Gasteiger partial charge < -0.3 is 15.7 Å². The number of nitrogens with one attached hydrogen (secondary N) is 2. The summed E-state index contributed by atoms with van der Waals surface area (Å²) >= 11 is 3.37. The molecule has 0 radical (unpaired) electrons. The fourth-order valence-electron chi connectivity index (χ4n) is 2.60. The summed E-state index contributed by atoms with van der Waals surface area (Å²) in [4.78, 5) is 36.2. The maximum Gasteiger partial charge on any atom is 0.322 e. The molecule has 3 N–H and O–H groups in total. The zero-order valence-corrected chi connectivity index (χ0v) is 15.9. The van der Waals surface area contributed by atoms with E-state index >= 15 is 0 Å². The van der Waals surface area contributed by atoms with Gasteiger partial charge in [-0.3, -0.25) is 19.3 Å². The molecule has 1 aromatic carbocycles. The molecule has 0 aromatic heterocycles. The first-order valence-electron chi connectivity index (χ1n) is 7.71. The Hall–Kier alpha value is -1.64. The Bertz CT molecular complexity index is 621. The van der Waals surface area contributed by atoms with Crippen molar-refractivity contribution in [3.05, 3.63) is 28.7 Å². The third-order valence-electron chi connectivity index (χ3n) is 3.85. The molecule has 7 nitrogen and oxygen atoms in total. The predicted molar refractivity (Wildman–Crippen MR) is 99.8 cm³/mol. The topological polar surface area (TPSA) is 98.7 Å². The first-order valence-corrected chi connectivity index (χ1v) is 8.50. The van der Waals surface area contributed by atoms with Gasteiger partial charge in [-0.15, -0.1) is 12.4 Å². The third-order valence-corrected chi connectivity index (χ3v) is 4.35. The predicted octanol–water partition coefficient (Wildman–Crippen LogP) is 1.72. The van der Waals surface area contributed by atoms with Crippen molar-refractivity contribution >= 4 is 51.8 Å². The quantitative estimate of drug-likeness (QED) is 0.633. The van der Waals surface area contributed by atoms with Gasteiger partial charge in [0.05, 0.1) is 6.54 Å². The summed E-state index contributed by atoms with van der Waals surface area (Å²) in [6, 6.07) is 7.44. The molecule has 0 spiro atoms. The van der Waals surface area contributed by atoms with Gasteiger partial charge in [0, 0.05) is 16.1 Å². The monoisotopic (exact) mass is 433 g/mol. The van der Waals surface area contributed by atoms with Gasteiger partial charge in [-0.2, -0.15) is 0 Å². The van der Waals surface area contributed by atoms with Crippen LogP contribution in [-0.2, 0) is 14.4 Å². The van der Waals surface area contributed by atoms with Gasteiger partial charge in [-0.05, 0) is 44.1 Å². The van der Waals surface area contributed by atoms with Crippen molar-refractivity contribution in [3.63, 3.8) is 0 Å². The van der Waals surface area contributed by atoms with Crippen molar-refractivity contribution in [2.75, 3.05) is 31.5 Å². The van der Waals surface area contributed by atoms with Crippen LogP contribution in [-0.4, -0.2) is 54.0 Å². The number of carboxylic acid groups (broad SMARTS) is 1. The summed E-state index contributed by atoms with van der Waals surface area (Å²) in [5, 5.41) is 13.8. The van der Waals surface area contributed by atoms with Crippen LogP contribution in [0.5, 0.6) is 0 Å². The van der Waals surface area contributed by atoms with E-state index in [1.807, 2.05) is 29.2 Å². The van der Waals surface area contributed by atoms with E-state index in [-0.39, 0.29) is 43.2 Å². The summed E-state index contributed by atoms with van der Waals surface area (Å²) < 4.78 is 0.905. The highest BCUT2D eigenvalue weighted by molar-refractivity contribution is 9.10. The molecule has 9 heteroatoms. The van der Waals surface area contributed by atoms with Crippen LogP contribution in [0.4, 0.5) is 5.69 Å². The molecule has 0 aliphatic carbocycles. The minimum atomic E-state index is -1.06. The molecule has 138 valence electrons. The lowest BCUT2D eigenvalue weighted by Gasteiger charge is -2.30. The number of likely N-dealkylation sites (tertiary alicyclic amines) is 1. The summed E-state index contributed by atoms with van der Waals surface area (Å²) in [5.74, 6) is -1.47. The lowest BCUT2D eigenvalue weighted by molar-refractivity contribution is -0.138. The van der Waals surface area contributed by atoms with Gasteiger partial charge in [0.25, 0.3) is 0 Å². The van der Waals surface area contributed by atoms with Crippen molar-refractivity contribution in [1.29, 1.82) is 0 Å². The molecule has 0 atom stereocenters. The van der Waals surface area contributed by atoms with Gasteiger partial charge in [0.1, 0.15) is 6.54 Å². The van der Waals surface area contributed by atoms with E-state index in [0.717, 1.165) is 10.2 Å². The standard InChI is InChI=1S/C16H20BrN3O4.ClH/c17-12-2-1-3-13(8-12)19-16(24)11-4-6-20(7-5-11)10-14(21)18-9-15(22)23;/h1-3,8,11H,4-7,9-10H2,(H,18,21)(H,19,24)(H,22,23);1H. The van der Waals surface area contributed by atoms with E-state index in [4.69, 9.17) is 5.11 Å².